The number of rotatable bonds is 5. The molecule has 0 aliphatic carbocycles. The summed E-state index contributed by atoms with van der Waals surface area (Å²) < 4.78 is 8.16. The van der Waals surface area contributed by atoms with E-state index in [0.29, 0.717) is 16.3 Å². The highest BCUT2D eigenvalue weighted by molar-refractivity contribution is 9.10. The molecule has 0 fully saturated rings. The predicted octanol–water partition coefficient (Wildman–Crippen LogP) is 5.24. The first-order valence-electron chi connectivity index (χ1n) is 7.19. The Bertz CT molecular complexity index is 897. The molecule has 3 rings (SSSR count). The lowest BCUT2D eigenvalue weighted by Gasteiger charge is -2.06. The van der Waals surface area contributed by atoms with Gasteiger partial charge in [-0.3, -0.25) is 4.79 Å². The number of ether oxygens (including phenoxy) is 1. The maximum Gasteiger partial charge on any atom is 0.257 e. The summed E-state index contributed by atoms with van der Waals surface area (Å²) in [5, 5.41) is 7.41. The van der Waals surface area contributed by atoms with E-state index in [1.807, 2.05) is 24.3 Å². The number of nitrogens with one attached hydrogen (secondary N) is 1. The minimum absolute atomic E-state index is 0.215. The quantitative estimate of drug-likeness (QED) is 0.590. The monoisotopic (exact) mass is 439 g/mol. The molecular weight excluding hydrogens is 429 g/mol. The van der Waals surface area contributed by atoms with Crippen LogP contribution in [0.1, 0.15) is 10.4 Å². The Morgan fingerprint density at radius 2 is 1.96 bits per heavy atom. The van der Waals surface area contributed by atoms with E-state index in [2.05, 4.69) is 26.3 Å². The molecule has 5 nitrogen and oxygen atoms in total. The fraction of sp³-hybridized carbons (Fsp3) is 0.0588. The number of hydrogen-bond acceptors (Lipinski definition) is 3. The molecule has 3 aromatic rings. The van der Waals surface area contributed by atoms with Gasteiger partial charge < -0.3 is 10.1 Å². The van der Waals surface area contributed by atoms with Crippen molar-refractivity contribution >= 4 is 50.7 Å². The fourth-order valence-electron chi connectivity index (χ4n) is 2.05. The van der Waals surface area contributed by atoms with Gasteiger partial charge in [0.05, 0.1) is 33.7 Å². The summed E-state index contributed by atoms with van der Waals surface area (Å²) in [6.45, 7) is 0.218. The number of benzene rings is 2. The largest absolute Gasteiger partial charge is 0.471 e. The van der Waals surface area contributed by atoms with Crippen LogP contribution in [0.5, 0.6) is 5.75 Å². The van der Waals surface area contributed by atoms with Crippen molar-refractivity contribution in [2.45, 2.75) is 6.73 Å². The minimum Gasteiger partial charge on any atom is -0.471 e. The normalized spacial score (nSPS) is 10.5. The van der Waals surface area contributed by atoms with Crippen molar-refractivity contribution in [2.24, 2.45) is 0 Å². The highest BCUT2D eigenvalue weighted by Gasteiger charge is 2.13. The van der Waals surface area contributed by atoms with Gasteiger partial charge in [0.1, 0.15) is 5.75 Å². The summed E-state index contributed by atoms with van der Waals surface area (Å²) in [5.41, 5.74) is 0.827. The molecule has 0 spiro atoms. The van der Waals surface area contributed by atoms with Crippen LogP contribution in [0.4, 0.5) is 5.69 Å². The molecule has 25 heavy (non-hydrogen) atoms. The van der Waals surface area contributed by atoms with Crippen molar-refractivity contribution in [3.8, 4) is 5.75 Å². The zero-order chi connectivity index (χ0) is 17.8. The second kappa shape index (κ2) is 7.91. The average Bonchev–Trinajstić information content (AvgIpc) is 3.04. The van der Waals surface area contributed by atoms with Gasteiger partial charge in [-0.25, -0.2) is 4.68 Å². The molecule has 1 heterocycles. The molecule has 0 aliphatic rings. The standard InChI is InChI=1S/C17H12BrCl2N3O2/c18-11-4-6-13(7-5-11)25-10-23-9-12(8-21-23)22-17(24)14-2-1-3-15(19)16(14)20/h1-9H,10H2,(H,22,24). The Labute approximate surface area is 162 Å². The first-order chi connectivity index (χ1) is 12.0. The Morgan fingerprint density at radius 3 is 2.72 bits per heavy atom. The number of aromatic nitrogens is 2. The average molecular weight is 441 g/mol. The molecule has 128 valence electrons. The van der Waals surface area contributed by atoms with Crippen molar-refractivity contribution < 1.29 is 9.53 Å². The second-order valence-corrected chi connectivity index (χ2v) is 6.75. The molecule has 1 N–H and O–H groups in total. The smallest absolute Gasteiger partial charge is 0.257 e. The third-order valence-corrected chi connectivity index (χ3v) is 4.61. The highest BCUT2D eigenvalue weighted by Crippen LogP contribution is 2.26. The first-order valence-corrected chi connectivity index (χ1v) is 8.74. The summed E-state index contributed by atoms with van der Waals surface area (Å²) in [6.07, 6.45) is 3.19. The number of hydrogen-bond donors (Lipinski definition) is 1. The molecule has 0 atom stereocenters. The highest BCUT2D eigenvalue weighted by atomic mass is 79.9. The van der Waals surface area contributed by atoms with Crippen LogP contribution in [0.15, 0.2) is 59.3 Å². The van der Waals surface area contributed by atoms with Crippen LogP contribution in [-0.2, 0) is 6.73 Å². The first kappa shape index (κ1) is 17.8. The molecule has 8 heteroatoms. The Morgan fingerprint density at radius 1 is 1.20 bits per heavy atom. The van der Waals surface area contributed by atoms with Crippen molar-refractivity contribution in [3.05, 3.63) is 74.9 Å². The van der Waals surface area contributed by atoms with Crippen molar-refractivity contribution in [1.82, 2.24) is 9.78 Å². The summed E-state index contributed by atoms with van der Waals surface area (Å²) in [6, 6.07) is 12.4. The summed E-state index contributed by atoms with van der Waals surface area (Å²) in [7, 11) is 0. The van der Waals surface area contributed by atoms with Gasteiger partial charge in [-0.15, -0.1) is 0 Å². The zero-order valence-corrected chi connectivity index (χ0v) is 15.8. The van der Waals surface area contributed by atoms with E-state index in [9.17, 15) is 4.79 Å². The minimum atomic E-state index is -0.360. The van der Waals surface area contributed by atoms with Crippen LogP contribution in [0.2, 0.25) is 10.0 Å². The van der Waals surface area contributed by atoms with Gasteiger partial charge in [-0.05, 0) is 36.4 Å². The summed E-state index contributed by atoms with van der Waals surface area (Å²) in [5.74, 6) is 0.357. The lowest BCUT2D eigenvalue weighted by atomic mass is 10.2. The van der Waals surface area contributed by atoms with Crippen LogP contribution in [0.25, 0.3) is 0 Å². The molecule has 1 aromatic heterocycles. The third-order valence-electron chi connectivity index (χ3n) is 3.26. The van der Waals surface area contributed by atoms with Gasteiger partial charge in [0, 0.05) is 4.47 Å². The van der Waals surface area contributed by atoms with Gasteiger partial charge in [0.15, 0.2) is 6.73 Å². The van der Waals surface area contributed by atoms with E-state index >= 15 is 0 Å². The zero-order valence-electron chi connectivity index (χ0n) is 12.7. The molecule has 0 saturated heterocycles. The van der Waals surface area contributed by atoms with Crippen molar-refractivity contribution in [2.75, 3.05) is 5.32 Å². The lowest BCUT2D eigenvalue weighted by molar-refractivity contribution is 0.102. The predicted molar refractivity (Wildman–Crippen MR) is 101 cm³/mol. The number of halogens is 3. The van der Waals surface area contributed by atoms with E-state index in [4.69, 9.17) is 27.9 Å². The van der Waals surface area contributed by atoms with Gasteiger partial charge in [-0.1, -0.05) is 45.2 Å². The van der Waals surface area contributed by atoms with Crippen molar-refractivity contribution in [1.29, 1.82) is 0 Å². The fourth-order valence-corrected chi connectivity index (χ4v) is 2.70. The molecule has 0 unspecified atom stereocenters. The Kier molecular flexibility index (Phi) is 5.63. The summed E-state index contributed by atoms with van der Waals surface area (Å²) in [4.78, 5) is 12.3. The molecule has 0 aliphatic heterocycles. The van der Waals surface area contributed by atoms with E-state index in [0.717, 1.165) is 10.2 Å². The van der Waals surface area contributed by atoms with Gasteiger partial charge >= 0.3 is 0 Å². The van der Waals surface area contributed by atoms with Gasteiger partial charge in [0.2, 0.25) is 0 Å². The molecular formula is C17H12BrCl2N3O2. The maximum atomic E-state index is 12.3. The van der Waals surface area contributed by atoms with E-state index in [1.165, 1.54) is 6.20 Å². The van der Waals surface area contributed by atoms with Crippen LogP contribution < -0.4 is 10.1 Å². The number of anilines is 1. The third kappa shape index (κ3) is 4.54. The Hall–Kier alpha value is -2.02. The van der Waals surface area contributed by atoms with E-state index in [1.54, 1.807) is 29.1 Å². The number of nitrogens with zero attached hydrogens (tertiary/aromatic N) is 2. The van der Waals surface area contributed by atoms with Crippen molar-refractivity contribution in [3.63, 3.8) is 0 Å². The molecule has 0 saturated carbocycles. The SMILES string of the molecule is O=C(Nc1cnn(COc2ccc(Br)cc2)c1)c1cccc(Cl)c1Cl. The number of carbonyl (C=O) groups is 1. The van der Waals surface area contributed by atoms with Crippen LogP contribution in [0, 0.1) is 0 Å². The van der Waals surface area contributed by atoms with E-state index < -0.39 is 0 Å². The second-order valence-electron chi connectivity index (χ2n) is 5.05. The summed E-state index contributed by atoms with van der Waals surface area (Å²) >= 11 is 15.3. The molecule has 0 radical (unpaired) electrons. The molecule has 0 bridgehead atoms. The van der Waals surface area contributed by atoms with Crippen LogP contribution in [0.3, 0.4) is 0 Å². The van der Waals surface area contributed by atoms with Gasteiger partial charge in [-0.2, -0.15) is 5.10 Å². The molecule has 1 amide bonds. The number of carbonyl (C=O) groups excluding carboxylic acids is 1. The topological polar surface area (TPSA) is 56.2 Å². The number of amides is 1. The maximum absolute atomic E-state index is 12.3. The van der Waals surface area contributed by atoms with Gasteiger partial charge in [0.25, 0.3) is 5.91 Å². The van der Waals surface area contributed by atoms with Crippen LogP contribution >= 0.6 is 39.1 Å². The lowest BCUT2D eigenvalue weighted by Crippen LogP contribution is -2.12. The molecule has 2 aromatic carbocycles. The van der Waals surface area contributed by atoms with E-state index in [-0.39, 0.29) is 17.7 Å². The Balaban J connectivity index is 1.62. The van der Waals surface area contributed by atoms with Crippen LogP contribution in [-0.4, -0.2) is 15.7 Å².